The number of carbonyl (C=O) groups is 1. The minimum Gasteiger partial charge on any atom is -0.463 e. The number of nitrogens with two attached hydrogens (primary N) is 1. The highest BCUT2D eigenvalue weighted by molar-refractivity contribution is 9.10. The van der Waals surface area contributed by atoms with Crippen molar-refractivity contribution in [2.45, 2.75) is 18.3 Å². The molecule has 1 aromatic heterocycles. The molecule has 0 bridgehead atoms. The zero-order valence-electron chi connectivity index (χ0n) is 18.4. The van der Waals surface area contributed by atoms with Crippen molar-refractivity contribution in [3.8, 4) is 0 Å². The number of amides is 1. The number of rotatable bonds is 7. The average Bonchev–Trinajstić information content (AvgIpc) is 3.50. The van der Waals surface area contributed by atoms with Crippen LogP contribution in [-0.2, 0) is 16.6 Å². The van der Waals surface area contributed by atoms with Crippen LogP contribution in [0.2, 0.25) is 0 Å². The van der Waals surface area contributed by atoms with E-state index < -0.39 is 5.41 Å². The van der Waals surface area contributed by atoms with Gasteiger partial charge in [-0.2, -0.15) is 0 Å². The zero-order valence-corrected chi connectivity index (χ0v) is 20.0. The highest BCUT2D eigenvalue weighted by Crippen LogP contribution is 2.43. The van der Waals surface area contributed by atoms with Gasteiger partial charge in [-0.3, -0.25) is 4.79 Å². The largest absolute Gasteiger partial charge is 0.463 e. The fourth-order valence-corrected chi connectivity index (χ4v) is 6.06. The van der Waals surface area contributed by atoms with E-state index in [0.717, 1.165) is 59.0 Å². The van der Waals surface area contributed by atoms with Crippen molar-refractivity contribution in [1.82, 2.24) is 4.90 Å². The molecule has 0 radical (unpaired) electrons. The van der Waals surface area contributed by atoms with Crippen LogP contribution in [0.4, 0.5) is 0 Å². The van der Waals surface area contributed by atoms with Crippen LogP contribution in [0.15, 0.2) is 94.0 Å². The van der Waals surface area contributed by atoms with Crippen molar-refractivity contribution in [2.75, 3.05) is 19.6 Å². The van der Waals surface area contributed by atoms with Gasteiger partial charge >= 0.3 is 0 Å². The molecular weight excluding hydrogens is 476 g/mol. The Labute approximate surface area is 202 Å². The molecule has 3 aromatic carbocycles. The summed E-state index contributed by atoms with van der Waals surface area (Å²) in [6, 6.07) is 26.4. The molecule has 0 unspecified atom stereocenters. The van der Waals surface area contributed by atoms with Gasteiger partial charge in [-0.05, 0) is 76.1 Å². The summed E-state index contributed by atoms with van der Waals surface area (Å²) in [4.78, 5) is 15.7. The Morgan fingerprint density at radius 3 is 2.33 bits per heavy atom. The zero-order chi connectivity index (χ0) is 22.8. The third kappa shape index (κ3) is 4.00. The second-order valence-electron chi connectivity index (χ2n) is 8.86. The van der Waals surface area contributed by atoms with Gasteiger partial charge in [-0.25, -0.2) is 0 Å². The standard InChI is InChI=1S/C28H27BrN2O2/c29-25-18-20(17-21-13-16-33-26(21)25)11-14-31-15-12-24(19-31)28(27(30)32,22-7-3-1-4-8-22)23-9-5-2-6-10-23/h1-10,13,16-18,24H,11-12,14-15,19H2,(H2,30,32)/t24-/m1/s1. The molecule has 1 atom stereocenters. The fraction of sp³-hybridized carbons (Fsp3) is 0.250. The van der Waals surface area contributed by atoms with E-state index in [1.807, 2.05) is 66.7 Å². The van der Waals surface area contributed by atoms with Gasteiger partial charge in [0.2, 0.25) is 5.91 Å². The summed E-state index contributed by atoms with van der Waals surface area (Å²) in [5, 5.41) is 1.11. The number of likely N-dealkylation sites (tertiary alicyclic amines) is 1. The van der Waals surface area contributed by atoms with E-state index in [1.54, 1.807) is 6.26 Å². The number of fused-ring (bicyclic) bond motifs is 1. The van der Waals surface area contributed by atoms with Crippen LogP contribution in [0.25, 0.3) is 11.0 Å². The van der Waals surface area contributed by atoms with E-state index >= 15 is 0 Å². The molecule has 5 heteroatoms. The van der Waals surface area contributed by atoms with E-state index in [9.17, 15) is 4.79 Å². The first-order valence-corrected chi connectivity index (χ1v) is 12.2. The molecule has 2 N–H and O–H groups in total. The minimum absolute atomic E-state index is 0.114. The lowest BCUT2D eigenvalue weighted by Crippen LogP contribution is -2.49. The third-order valence-electron chi connectivity index (χ3n) is 7.01. The van der Waals surface area contributed by atoms with E-state index in [4.69, 9.17) is 10.2 Å². The van der Waals surface area contributed by atoms with Gasteiger partial charge < -0.3 is 15.1 Å². The van der Waals surface area contributed by atoms with Crippen LogP contribution in [0.3, 0.4) is 0 Å². The van der Waals surface area contributed by atoms with Crippen molar-refractivity contribution in [3.63, 3.8) is 0 Å². The number of primary amides is 1. The quantitative estimate of drug-likeness (QED) is 0.361. The van der Waals surface area contributed by atoms with Gasteiger partial charge in [-0.15, -0.1) is 0 Å². The monoisotopic (exact) mass is 502 g/mol. The highest BCUT2D eigenvalue weighted by atomic mass is 79.9. The van der Waals surface area contributed by atoms with Gasteiger partial charge in [0.05, 0.1) is 10.7 Å². The van der Waals surface area contributed by atoms with Crippen LogP contribution in [0.5, 0.6) is 0 Å². The maximum Gasteiger partial charge on any atom is 0.232 e. The lowest BCUT2D eigenvalue weighted by molar-refractivity contribution is -0.123. The van der Waals surface area contributed by atoms with Gasteiger partial charge in [0.1, 0.15) is 11.0 Å². The summed E-state index contributed by atoms with van der Waals surface area (Å²) in [6.45, 7) is 2.72. The number of carbonyl (C=O) groups excluding carboxylic acids is 1. The second kappa shape index (κ2) is 9.16. The van der Waals surface area contributed by atoms with E-state index in [-0.39, 0.29) is 11.8 Å². The summed E-state index contributed by atoms with van der Waals surface area (Å²) < 4.78 is 6.52. The van der Waals surface area contributed by atoms with Gasteiger partial charge in [0, 0.05) is 18.5 Å². The molecule has 0 aliphatic carbocycles. The molecule has 1 amide bonds. The predicted octanol–water partition coefficient (Wildman–Crippen LogP) is 5.53. The topological polar surface area (TPSA) is 59.5 Å². The van der Waals surface area contributed by atoms with Crippen molar-refractivity contribution < 1.29 is 9.21 Å². The maximum absolute atomic E-state index is 13.2. The molecule has 4 nitrogen and oxygen atoms in total. The van der Waals surface area contributed by atoms with E-state index in [0.29, 0.717) is 0 Å². The highest BCUT2D eigenvalue weighted by Gasteiger charge is 2.49. The van der Waals surface area contributed by atoms with Gasteiger partial charge in [0.25, 0.3) is 0 Å². The van der Waals surface area contributed by atoms with Crippen LogP contribution >= 0.6 is 15.9 Å². The molecule has 0 spiro atoms. The van der Waals surface area contributed by atoms with Crippen LogP contribution in [0.1, 0.15) is 23.1 Å². The molecule has 1 fully saturated rings. The fourth-order valence-electron chi connectivity index (χ4n) is 5.44. The molecule has 168 valence electrons. The average molecular weight is 503 g/mol. The third-order valence-corrected chi connectivity index (χ3v) is 7.60. The summed E-state index contributed by atoms with van der Waals surface area (Å²) in [5.41, 5.74) is 9.49. The van der Waals surface area contributed by atoms with Crippen LogP contribution < -0.4 is 5.73 Å². The summed E-state index contributed by atoms with van der Waals surface area (Å²) in [7, 11) is 0. The number of benzene rings is 3. The summed E-state index contributed by atoms with van der Waals surface area (Å²) in [5.74, 6) is -0.163. The first-order valence-electron chi connectivity index (χ1n) is 11.4. The Morgan fingerprint density at radius 1 is 1.03 bits per heavy atom. The Balaban J connectivity index is 1.40. The van der Waals surface area contributed by atoms with E-state index in [2.05, 4.69) is 33.0 Å². The predicted molar refractivity (Wildman–Crippen MR) is 135 cm³/mol. The molecule has 33 heavy (non-hydrogen) atoms. The van der Waals surface area contributed by atoms with Crippen molar-refractivity contribution >= 4 is 32.8 Å². The second-order valence-corrected chi connectivity index (χ2v) is 9.71. The first-order chi connectivity index (χ1) is 16.1. The van der Waals surface area contributed by atoms with Crippen LogP contribution in [0, 0.1) is 5.92 Å². The molecule has 4 aromatic rings. The Hall–Kier alpha value is -2.89. The van der Waals surface area contributed by atoms with E-state index in [1.165, 1.54) is 5.56 Å². The number of furan rings is 1. The summed E-state index contributed by atoms with van der Waals surface area (Å²) in [6.07, 6.45) is 3.59. The molecule has 1 saturated heterocycles. The number of nitrogens with zero attached hydrogens (tertiary/aromatic N) is 1. The van der Waals surface area contributed by atoms with Gasteiger partial charge in [0.15, 0.2) is 0 Å². The SMILES string of the molecule is NC(=O)C(c1ccccc1)(c1ccccc1)[C@@H]1CCN(CCc2cc(Br)c3occc3c2)C1. The number of hydrogen-bond donors (Lipinski definition) is 1. The Kier molecular flexibility index (Phi) is 6.09. The van der Waals surface area contributed by atoms with Crippen molar-refractivity contribution in [1.29, 1.82) is 0 Å². The molecule has 2 heterocycles. The molecular formula is C28H27BrN2O2. The maximum atomic E-state index is 13.2. The molecule has 5 rings (SSSR count). The Morgan fingerprint density at radius 2 is 1.70 bits per heavy atom. The van der Waals surface area contributed by atoms with Crippen molar-refractivity contribution in [2.24, 2.45) is 11.7 Å². The number of halogens is 1. The lowest BCUT2D eigenvalue weighted by Gasteiger charge is -2.37. The summed E-state index contributed by atoms with van der Waals surface area (Å²) >= 11 is 3.62. The lowest BCUT2D eigenvalue weighted by atomic mass is 9.64. The number of hydrogen-bond acceptors (Lipinski definition) is 3. The first kappa shape index (κ1) is 21.9. The molecule has 0 saturated carbocycles. The normalized spacial score (nSPS) is 16.9. The van der Waals surface area contributed by atoms with Crippen LogP contribution in [-0.4, -0.2) is 30.4 Å². The smallest absolute Gasteiger partial charge is 0.232 e. The molecule has 1 aliphatic heterocycles. The van der Waals surface area contributed by atoms with Crippen molar-refractivity contribution in [3.05, 3.63) is 106 Å². The Bertz CT molecular complexity index is 1210. The minimum atomic E-state index is -0.837. The molecule has 1 aliphatic rings. The van der Waals surface area contributed by atoms with Gasteiger partial charge in [-0.1, -0.05) is 60.7 Å².